The van der Waals surface area contributed by atoms with Gasteiger partial charge in [0.15, 0.2) is 0 Å². The van der Waals surface area contributed by atoms with E-state index in [4.69, 9.17) is 9.47 Å². The van der Waals surface area contributed by atoms with E-state index < -0.39 is 17.5 Å². The number of amides is 2. The van der Waals surface area contributed by atoms with Crippen LogP contribution in [0.15, 0.2) is 79.9 Å². The smallest absolute Gasteiger partial charge is 0.306 e. The van der Waals surface area contributed by atoms with Gasteiger partial charge < -0.3 is 25.2 Å². The highest BCUT2D eigenvalue weighted by Crippen LogP contribution is 2.31. The quantitative estimate of drug-likeness (QED) is 0.173. The zero-order valence-corrected chi connectivity index (χ0v) is 24.4. The summed E-state index contributed by atoms with van der Waals surface area (Å²) in [5, 5.41) is 15.9. The van der Waals surface area contributed by atoms with Gasteiger partial charge in [-0.2, -0.15) is 0 Å². The number of nitrogens with one attached hydrogen (secondary N) is 2. The molecule has 1 fully saturated rings. The van der Waals surface area contributed by atoms with Crippen LogP contribution in [0.1, 0.15) is 62.5 Å². The van der Waals surface area contributed by atoms with Crippen molar-refractivity contribution in [2.24, 2.45) is 5.92 Å². The van der Waals surface area contributed by atoms with E-state index in [-0.39, 0.29) is 43.8 Å². The lowest BCUT2D eigenvalue weighted by molar-refractivity contribution is -0.147. The average molecular weight is 577 g/mol. The first-order chi connectivity index (χ1) is 20.4. The van der Waals surface area contributed by atoms with Gasteiger partial charge in [-0.1, -0.05) is 67.5 Å². The van der Waals surface area contributed by atoms with E-state index in [1.807, 2.05) is 54.6 Å². The van der Waals surface area contributed by atoms with Crippen LogP contribution in [0, 0.1) is 5.92 Å². The van der Waals surface area contributed by atoms with E-state index in [0.717, 1.165) is 29.7 Å². The minimum atomic E-state index is -0.628. The van der Waals surface area contributed by atoms with Crippen LogP contribution in [-0.2, 0) is 32.1 Å². The number of carbonyl (C=O) groups excluding carboxylic acids is 3. The molecule has 2 aromatic rings. The number of hydrogen-bond acceptors (Lipinski definition) is 6. The van der Waals surface area contributed by atoms with Crippen molar-refractivity contribution in [3.05, 3.63) is 91.0 Å². The van der Waals surface area contributed by atoms with Gasteiger partial charge in [0.2, 0.25) is 11.8 Å². The Kier molecular flexibility index (Phi) is 13.3. The van der Waals surface area contributed by atoms with E-state index in [2.05, 4.69) is 23.8 Å². The lowest BCUT2D eigenvalue weighted by Crippen LogP contribution is -2.52. The molecule has 42 heavy (non-hydrogen) atoms. The third kappa shape index (κ3) is 10.8. The highest BCUT2D eigenvalue weighted by Gasteiger charge is 2.38. The summed E-state index contributed by atoms with van der Waals surface area (Å²) in [5.41, 5.74) is 1.39. The predicted octanol–water partition coefficient (Wildman–Crippen LogP) is 4.81. The molecule has 0 unspecified atom stereocenters. The van der Waals surface area contributed by atoms with E-state index >= 15 is 0 Å². The molecule has 1 aliphatic carbocycles. The maximum absolute atomic E-state index is 13.3. The molecule has 0 aliphatic heterocycles. The second-order valence-electron chi connectivity index (χ2n) is 11.0. The van der Waals surface area contributed by atoms with Gasteiger partial charge in [-0.15, -0.1) is 13.2 Å². The number of esters is 1. The molecule has 3 N–H and O–H groups in total. The van der Waals surface area contributed by atoms with Gasteiger partial charge in [0.05, 0.1) is 24.1 Å². The van der Waals surface area contributed by atoms with Gasteiger partial charge in [0.1, 0.15) is 19.0 Å². The lowest BCUT2D eigenvalue weighted by atomic mass is 9.94. The molecule has 0 heterocycles. The van der Waals surface area contributed by atoms with Crippen LogP contribution < -0.4 is 15.4 Å². The molecule has 2 amide bonds. The first kappa shape index (κ1) is 32.6. The molecule has 8 nitrogen and oxygen atoms in total. The fraction of sp³-hybridized carbons (Fsp3) is 0.441. The highest BCUT2D eigenvalue weighted by molar-refractivity contribution is 5.86. The summed E-state index contributed by atoms with van der Waals surface area (Å²) in [7, 11) is 0. The van der Waals surface area contributed by atoms with Crippen LogP contribution in [-0.4, -0.2) is 47.7 Å². The zero-order valence-electron chi connectivity index (χ0n) is 24.4. The summed E-state index contributed by atoms with van der Waals surface area (Å²) in [4.78, 5) is 38.3. The maximum Gasteiger partial charge on any atom is 0.306 e. The molecular weight excluding hydrogens is 532 g/mol. The van der Waals surface area contributed by atoms with E-state index in [0.29, 0.717) is 38.7 Å². The molecule has 0 bridgehead atoms. The first-order valence-electron chi connectivity index (χ1n) is 14.7. The Labute approximate surface area is 249 Å². The Morgan fingerprint density at radius 2 is 1.69 bits per heavy atom. The highest BCUT2D eigenvalue weighted by atomic mass is 16.5. The largest absolute Gasteiger partial charge is 0.489 e. The van der Waals surface area contributed by atoms with Crippen molar-refractivity contribution >= 4 is 17.8 Å². The van der Waals surface area contributed by atoms with Crippen molar-refractivity contribution in [2.45, 2.75) is 76.0 Å². The molecular formula is C34H44N2O6. The molecule has 0 spiro atoms. The Bertz CT molecular complexity index is 1160. The van der Waals surface area contributed by atoms with Crippen molar-refractivity contribution in [3.8, 4) is 5.75 Å². The summed E-state index contributed by atoms with van der Waals surface area (Å²) in [6.45, 7) is 7.73. The van der Waals surface area contributed by atoms with E-state index in [9.17, 15) is 19.5 Å². The van der Waals surface area contributed by atoms with Crippen molar-refractivity contribution in [1.29, 1.82) is 0 Å². The van der Waals surface area contributed by atoms with Crippen LogP contribution >= 0.6 is 0 Å². The number of hydrogen-bond donors (Lipinski definition) is 3. The maximum atomic E-state index is 13.3. The standard InChI is InChI=1S/C34H44N2O6/c1-3-5-14-32(39)42-25-34(19-9-10-20-34)36-33(40)28(11-4-2)22-31(38)35-29(23-37)21-26-15-17-30(18-16-26)41-24-27-12-7-6-8-13-27/h3-4,6-8,12-13,15-18,28-29,37H,1-2,5,9-11,14,19-25H2,(H,35,38)(H,36,40)/t28-,29-/m0/s1. The van der Waals surface area contributed by atoms with Gasteiger partial charge in [-0.25, -0.2) is 0 Å². The van der Waals surface area contributed by atoms with Crippen LogP contribution in [0.3, 0.4) is 0 Å². The van der Waals surface area contributed by atoms with Gasteiger partial charge >= 0.3 is 5.97 Å². The number of carbonyl (C=O) groups is 3. The number of aliphatic hydroxyl groups is 1. The zero-order chi connectivity index (χ0) is 30.2. The minimum absolute atomic E-state index is 0.0458. The van der Waals surface area contributed by atoms with Crippen LogP contribution in [0.25, 0.3) is 0 Å². The van der Waals surface area contributed by atoms with Crippen LogP contribution in [0.5, 0.6) is 5.75 Å². The number of ether oxygens (including phenoxy) is 2. The second kappa shape index (κ2) is 17.1. The molecule has 226 valence electrons. The summed E-state index contributed by atoms with van der Waals surface area (Å²) < 4.78 is 11.3. The molecule has 2 atom stereocenters. The lowest BCUT2D eigenvalue weighted by Gasteiger charge is -2.31. The number of allylic oxidation sites excluding steroid dienone is 2. The average Bonchev–Trinajstić information content (AvgIpc) is 3.47. The van der Waals surface area contributed by atoms with Crippen molar-refractivity contribution in [2.75, 3.05) is 13.2 Å². The van der Waals surface area contributed by atoms with Gasteiger partial charge in [0, 0.05) is 12.8 Å². The third-order valence-corrected chi connectivity index (χ3v) is 7.50. The molecule has 3 rings (SSSR count). The number of aliphatic hydroxyl groups excluding tert-OH is 1. The summed E-state index contributed by atoms with van der Waals surface area (Å²) >= 11 is 0. The molecule has 1 aliphatic rings. The van der Waals surface area contributed by atoms with Crippen LogP contribution in [0.4, 0.5) is 0 Å². The summed E-state index contributed by atoms with van der Waals surface area (Å²) in [6, 6.07) is 17.0. The Morgan fingerprint density at radius 3 is 2.33 bits per heavy atom. The monoisotopic (exact) mass is 576 g/mol. The van der Waals surface area contributed by atoms with Crippen molar-refractivity contribution < 1.29 is 29.0 Å². The van der Waals surface area contributed by atoms with Gasteiger partial charge in [-0.3, -0.25) is 14.4 Å². The normalized spacial score (nSPS) is 15.2. The SMILES string of the molecule is C=CCCC(=O)OCC1(NC(=O)[C@@H](CC=C)CC(=O)N[C@H](CO)Cc2ccc(OCc3ccccc3)cc2)CCCC1. The Morgan fingerprint density at radius 1 is 0.976 bits per heavy atom. The van der Waals surface area contributed by atoms with Crippen LogP contribution in [0.2, 0.25) is 0 Å². The van der Waals surface area contributed by atoms with E-state index in [1.54, 1.807) is 12.2 Å². The van der Waals surface area contributed by atoms with Crippen molar-refractivity contribution in [1.82, 2.24) is 10.6 Å². The molecule has 0 radical (unpaired) electrons. The van der Waals surface area contributed by atoms with Crippen molar-refractivity contribution in [3.63, 3.8) is 0 Å². The molecule has 8 heteroatoms. The summed E-state index contributed by atoms with van der Waals surface area (Å²) in [6.07, 6.45) is 8.07. The second-order valence-corrected chi connectivity index (χ2v) is 11.0. The fourth-order valence-electron chi connectivity index (χ4n) is 5.13. The van der Waals surface area contributed by atoms with Gasteiger partial charge in [-0.05, 0) is 55.4 Å². The molecule has 2 aromatic carbocycles. The molecule has 0 aromatic heterocycles. The predicted molar refractivity (Wildman–Crippen MR) is 163 cm³/mol. The number of rotatable bonds is 18. The Balaban J connectivity index is 1.51. The minimum Gasteiger partial charge on any atom is -0.489 e. The third-order valence-electron chi connectivity index (χ3n) is 7.50. The topological polar surface area (TPSA) is 114 Å². The van der Waals surface area contributed by atoms with E-state index in [1.165, 1.54) is 0 Å². The first-order valence-corrected chi connectivity index (χ1v) is 14.7. The fourth-order valence-corrected chi connectivity index (χ4v) is 5.13. The van der Waals surface area contributed by atoms with Gasteiger partial charge in [0.25, 0.3) is 0 Å². The summed E-state index contributed by atoms with van der Waals surface area (Å²) in [5.74, 6) is -0.799. The Hall–Kier alpha value is -3.91. The molecule has 1 saturated carbocycles. The molecule has 0 saturated heterocycles. The number of benzene rings is 2.